The number of hydrogen-bond donors (Lipinski definition) is 0. The van der Waals surface area contributed by atoms with Gasteiger partial charge in [-0.05, 0) is 30.0 Å². The van der Waals surface area contributed by atoms with Gasteiger partial charge in [0, 0.05) is 17.6 Å². The van der Waals surface area contributed by atoms with E-state index in [1.54, 1.807) is 6.07 Å². The van der Waals surface area contributed by atoms with Crippen molar-refractivity contribution in [2.75, 3.05) is 0 Å². The van der Waals surface area contributed by atoms with Crippen molar-refractivity contribution < 1.29 is 4.79 Å². The van der Waals surface area contributed by atoms with E-state index in [9.17, 15) is 4.79 Å². The minimum atomic E-state index is 0.0848. The molecule has 0 spiro atoms. The highest BCUT2D eigenvalue weighted by Crippen LogP contribution is 2.18. The topological polar surface area (TPSA) is 45.8 Å². The first-order chi connectivity index (χ1) is 8.65. The van der Waals surface area contributed by atoms with E-state index in [0.717, 1.165) is 17.3 Å². The molecule has 2 aromatic rings. The summed E-state index contributed by atoms with van der Waals surface area (Å²) < 4.78 is 1.92. The number of Topliss-reactive ketones (excluding diaryl/α,β-unsaturated/α-hetero) is 1. The summed E-state index contributed by atoms with van der Waals surface area (Å²) >= 11 is 0. The van der Waals surface area contributed by atoms with Gasteiger partial charge in [-0.1, -0.05) is 19.9 Å². The number of nitriles is 1. The van der Waals surface area contributed by atoms with Gasteiger partial charge in [0.1, 0.15) is 0 Å². The molecule has 2 rings (SSSR count). The van der Waals surface area contributed by atoms with Crippen LogP contribution in [0.15, 0.2) is 30.5 Å². The minimum absolute atomic E-state index is 0.0848. The predicted molar refractivity (Wildman–Crippen MR) is 71.1 cm³/mol. The average molecular weight is 240 g/mol. The van der Waals surface area contributed by atoms with Gasteiger partial charge < -0.3 is 4.57 Å². The molecule has 0 bridgehead atoms. The molecule has 3 heteroatoms. The highest BCUT2D eigenvalue weighted by molar-refractivity contribution is 5.85. The van der Waals surface area contributed by atoms with E-state index in [4.69, 9.17) is 5.26 Å². The Morgan fingerprint density at radius 3 is 2.89 bits per heavy atom. The third-order valence-corrected chi connectivity index (χ3v) is 3.39. The molecule has 3 nitrogen and oxygen atoms in total. The summed E-state index contributed by atoms with van der Waals surface area (Å²) in [7, 11) is 0. The van der Waals surface area contributed by atoms with Crippen molar-refractivity contribution in [3.63, 3.8) is 0 Å². The Morgan fingerprint density at radius 1 is 1.44 bits per heavy atom. The van der Waals surface area contributed by atoms with Crippen molar-refractivity contribution in [2.24, 2.45) is 5.92 Å². The fourth-order valence-corrected chi connectivity index (χ4v) is 1.94. The van der Waals surface area contributed by atoms with E-state index in [2.05, 4.69) is 6.07 Å². The molecule has 0 aliphatic rings. The largest absolute Gasteiger partial charge is 0.340 e. The predicted octanol–water partition coefficient (Wildman–Crippen LogP) is 3.13. The van der Waals surface area contributed by atoms with Crippen LogP contribution >= 0.6 is 0 Å². The Balaban J connectivity index is 2.34. The SMILES string of the molecule is CCC(C)C(=O)Cn1ccc2ccc(C#N)cc21. The summed E-state index contributed by atoms with van der Waals surface area (Å²) in [5, 5.41) is 9.97. The van der Waals surface area contributed by atoms with Crippen LogP contribution in [0.2, 0.25) is 0 Å². The fourth-order valence-electron chi connectivity index (χ4n) is 1.94. The maximum Gasteiger partial charge on any atom is 0.155 e. The van der Waals surface area contributed by atoms with Crippen molar-refractivity contribution in [2.45, 2.75) is 26.8 Å². The average Bonchev–Trinajstić information content (AvgIpc) is 2.80. The Hall–Kier alpha value is -2.08. The van der Waals surface area contributed by atoms with Gasteiger partial charge in [-0.25, -0.2) is 0 Å². The lowest BCUT2D eigenvalue weighted by molar-refractivity contribution is -0.122. The second-order valence-corrected chi connectivity index (χ2v) is 4.60. The Bertz CT molecular complexity index is 619. The summed E-state index contributed by atoms with van der Waals surface area (Å²) in [5.41, 5.74) is 1.57. The van der Waals surface area contributed by atoms with Gasteiger partial charge in [0.15, 0.2) is 5.78 Å². The van der Waals surface area contributed by atoms with Crippen molar-refractivity contribution in [1.82, 2.24) is 4.57 Å². The maximum atomic E-state index is 12.0. The van der Waals surface area contributed by atoms with E-state index in [1.807, 2.05) is 42.8 Å². The summed E-state index contributed by atoms with van der Waals surface area (Å²) in [5.74, 6) is 0.318. The molecular weight excluding hydrogens is 224 g/mol. The summed E-state index contributed by atoms with van der Waals surface area (Å²) in [4.78, 5) is 12.0. The second kappa shape index (κ2) is 5.05. The number of aromatic nitrogens is 1. The van der Waals surface area contributed by atoms with Gasteiger partial charge in [-0.15, -0.1) is 0 Å². The zero-order chi connectivity index (χ0) is 13.1. The molecular formula is C15H16N2O. The number of nitrogens with zero attached hydrogens (tertiary/aromatic N) is 2. The van der Waals surface area contributed by atoms with E-state index in [-0.39, 0.29) is 11.7 Å². The quantitative estimate of drug-likeness (QED) is 0.824. The van der Waals surface area contributed by atoms with Crippen LogP contribution < -0.4 is 0 Å². The molecule has 0 saturated carbocycles. The van der Waals surface area contributed by atoms with E-state index in [1.165, 1.54) is 0 Å². The Morgan fingerprint density at radius 2 is 2.22 bits per heavy atom. The van der Waals surface area contributed by atoms with Gasteiger partial charge in [0.05, 0.1) is 18.2 Å². The molecule has 0 saturated heterocycles. The first kappa shape index (κ1) is 12.4. The van der Waals surface area contributed by atoms with Gasteiger partial charge in [-0.2, -0.15) is 5.26 Å². The zero-order valence-corrected chi connectivity index (χ0v) is 10.7. The number of fused-ring (bicyclic) bond motifs is 1. The van der Waals surface area contributed by atoms with Crippen LogP contribution in [0.25, 0.3) is 10.9 Å². The first-order valence-electron chi connectivity index (χ1n) is 6.17. The molecule has 1 unspecified atom stereocenters. The molecule has 1 aromatic carbocycles. The third kappa shape index (κ3) is 2.28. The van der Waals surface area contributed by atoms with Crippen LogP contribution in [0.1, 0.15) is 25.8 Å². The highest BCUT2D eigenvalue weighted by atomic mass is 16.1. The molecule has 0 radical (unpaired) electrons. The van der Waals surface area contributed by atoms with Gasteiger partial charge >= 0.3 is 0 Å². The molecule has 92 valence electrons. The number of ketones is 1. The molecule has 0 aliphatic carbocycles. The second-order valence-electron chi connectivity index (χ2n) is 4.60. The van der Waals surface area contributed by atoms with Crippen molar-refractivity contribution in [3.8, 4) is 6.07 Å². The van der Waals surface area contributed by atoms with Gasteiger partial charge in [0.2, 0.25) is 0 Å². The number of hydrogen-bond acceptors (Lipinski definition) is 2. The lowest BCUT2D eigenvalue weighted by Gasteiger charge is -2.09. The molecule has 18 heavy (non-hydrogen) atoms. The van der Waals surface area contributed by atoms with Crippen molar-refractivity contribution >= 4 is 16.7 Å². The normalized spacial score (nSPS) is 12.3. The van der Waals surface area contributed by atoms with E-state index < -0.39 is 0 Å². The molecule has 1 aromatic heterocycles. The number of benzene rings is 1. The molecule has 1 heterocycles. The summed E-state index contributed by atoms with van der Waals surface area (Å²) in [6.07, 6.45) is 2.77. The maximum absolute atomic E-state index is 12.0. The summed E-state index contributed by atoms with van der Waals surface area (Å²) in [6, 6.07) is 9.64. The van der Waals surface area contributed by atoms with Crippen LogP contribution in [0.5, 0.6) is 0 Å². The molecule has 0 aliphatic heterocycles. The fraction of sp³-hybridized carbons (Fsp3) is 0.333. The van der Waals surface area contributed by atoms with Crippen LogP contribution in [0, 0.1) is 17.2 Å². The van der Waals surface area contributed by atoms with Crippen LogP contribution in [-0.4, -0.2) is 10.4 Å². The summed E-state index contributed by atoms with van der Waals surface area (Å²) in [6.45, 7) is 4.35. The van der Waals surface area contributed by atoms with Gasteiger partial charge in [0.25, 0.3) is 0 Å². The molecule has 0 amide bonds. The smallest absolute Gasteiger partial charge is 0.155 e. The number of carbonyl (C=O) groups is 1. The standard InChI is InChI=1S/C15H16N2O/c1-3-11(2)15(18)10-17-7-6-13-5-4-12(9-16)8-14(13)17/h4-8,11H,3,10H2,1-2H3. The minimum Gasteiger partial charge on any atom is -0.340 e. The van der Waals surface area contributed by atoms with Crippen LogP contribution in [-0.2, 0) is 11.3 Å². The van der Waals surface area contributed by atoms with Crippen LogP contribution in [0.4, 0.5) is 0 Å². The number of carbonyl (C=O) groups excluding carboxylic acids is 1. The monoisotopic (exact) mass is 240 g/mol. The lowest BCUT2D eigenvalue weighted by atomic mass is 10.0. The van der Waals surface area contributed by atoms with E-state index in [0.29, 0.717) is 12.1 Å². The van der Waals surface area contributed by atoms with Crippen molar-refractivity contribution in [3.05, 3.63) is 36.0 Å². The molecule has 0 N–H and O–H groups in total. The Kier molecular flexibility index (Phi) is 3.47. The van der Waals surface area contributed by atoms with Gasteiger partial charge in [-0.3, -0.25) is 4.79 Å². The first-order valence-corrected chi connectivity index (χ1v) is 6.17. The third-order valence-electron chi connectivity index (χ3n) is 3.39. The Labute approximate surface area is 107 Å². The molecule has 1 atom stereocenters. The van der Waals surface area contributed by atoms with Crippen LogP contribution in [0.3, 0.4) is 0 Å². The highest BCUT2D eigenvalue weighted by Gasteiger charge is 2.12. The number of rotatable bonds is 4. The molecule has 0 fully saturated rings. The van der Waals surface area contributed by atoms with E-state index >= 15 is 0 Å². The zero-order valence-electron chi connectivity index (χ0n) is 10.7. The lowest BCUT2D eigenvalue weighted by Crippen LogP contribution is -2.16. The van der Waals surface area contributed by atoms with Crippen molar-refractivity contribution in [1.29, 1.82) is 5.26 Å².